The number of halogens is 1. The number of hydrogen-bond acceptors (Lipinski definition) is 9. The van der Waals surface area contributed by atoms with E-state index in [1.54, 1.807) is 49.4 Å². The fourth-order valence-corrected chi connectivity index (χ4v) is 4.80. The first-order valence-corrected chi connectivity index (χ1v) is 14.1. The Kier molecular flexibility index (Phi) is 10.4. The fraction of sp³-hybridized carbons (Fsp3) is 0.300. The quantitative estimate of drug-likeness (QED) is 0.240. The smallest absolute Gasteiger partial charge is 0.253 e. The van der Waals surface area contributed by atoms with Crippen molar-refractivity contribution in [3.05, 3.63) is 71.9 Å². The zero-order valence-corrected chi connectivity index (χ0v) is 25.1. The highest BCUT2D eigenvalue weighted by molar-refractivity contribution is 6.33. The number of piperidine rings is 1. The van der Waals surface area contributed by atoms with Crippen molar-refractivity contribution in [3.63, 3.8) is 0 Å². The number of nitrogens with zero attached hydrogens (tertiary/aromatic N) is 4. The molecule has 0 atom stereocenters. The number of hydrogen-bond donors (Lipinski definition) is 4. The molecule has 226 valence electrons. The highest BCUT2D eigenvalue weighted by atomic mass is 35.5. The molecule has 1 aliphatic heterocycles. The number of benzene rings is 2. The van der Waals surface area contributed by atoms with Gasteiger partial charge in [0, 0.05) is 45.0 Å². The predicted molar refractivity (Wildman–Crippen MR) is 168 cm³/mol. The van der Waals surface area contributed by atoms with Gasteiger partial charge in [0.2, 0.25) is 17.8 Å². The molecule has 2 aromatic carbocycles. The summed E-state index contributed by atoms with van der Waals surface area (Å²) in [6, 6.07) is 12.5. The van der Waals surface area contributed by atoms with Crippen molar-refractivity contribution in [3.8, 4) is 5.75 Å². The van der Waals surface area contributed by atoms with E-state index in [4.69, 9.17) is 16.3 Å². The molecule has 2 heterocycles. The molecule has 4 N–H and O–H groups in total. The second-order valence-corrected chi connectivity index (χ2v) is 10.3. The number of amides is 3. The van der Waals surface area contributed by atoms with Crippen molar-refractivity contribution >= 4 is 58.2 Å². The van der Waals surface area contributed by atoms with E-state index >= 15 is 0 Å². The molecule has 0 bridgehead atoms. The predicted octanol–water partition coefficient (Wildman–Crippen LogP) is 3.71. The number of likely N-dealkylation sites (tertiary alicyclic amines) is 1. The molecule has 13 heteroatoms. The Labute approximate surface area is 255 Å². The van der Waals surface area contributed by atoms with E-state index in [9.17, 15) is 14.4 Å². The normalized spacial score (nSPS) is 13.1. The van der Waals surface area contributed by atoms with Gasteiger partial charge in [0.1, 0.15) is 10.8 Å². The van der Waals surface area contributed by atoms with Gasteiger partial charge in [-0.1, -0.05) is 30.3 Å². The molecule has 0 unspecified atom stereocenters. The van der Waals surface area contributed by atoms with Crippen LogP contribution in [0.4, 0.5) is 28.8 Å². The number of likely N-dealkylation sites (N-methyl/N-ethyl adjacent to an activating group) is 1. The SMILES string of the molecule is C=CC(=O)N1CCC(NC(=O)CN(C)c2ccc(Nc3ncc(Cl)c(Nc4ccccc4C(=O)NC)n3)c(OC)c2)CC1. The Hall–Kier alpha value is -4.84. The first kappa shape index (κ1) is 31.1. The molecular formula is C30H35ClN8O4. The molecule has 0 radical (unpaired) electrons. The molecule has 0 spiro atoms. The van der Waals surface area contributed by atoms with Gasteiger partial charge in [-0.05, 0) is 43.2 Å². The van der Waals surface area contributed by atoms with Crippen LogP contribution in [0.2, 0.25) is 5.02 Å². The molecule has 0 saturated carbocycles. The number of para-hydroxylation sites is 1. The summed E-state index contributed by atoms with van der Waals surface area (Å²) in [7, 11) is 4.93. The van der Waals surface area contributed by atoms with E-state index in [0.717, 1.165) is 5.69 Å². The lowest BCUT2D eigenvalue weighted by molar-refractivity contribution is -0.127. The summed E-state index contributed by atoms with van der Waals surface area (Å²) in [6.07, 6.45) is 4.18. The van der Waals surface area contributed by atoms with Gasteiger partial charge >= 0.3 is 0 Å². The fourth-order valence-electron chi connectivity index (χ4n) is 4.66. The highest BCUT2D eigenvalue weighted by Gasteiger charge is 2.23. The van der Waals surface area contributed by atoms with Crippen LogP contribution in [-0.4, -0.2) is 79.5 Å². The van der Waals surface area contributed by atoms with Gasteiger partial charge in [0.25, 0.3) is 5.91 Å². The van der Waals surface area contributed by atoms with Crippen LogP contribution < -0.4 is 30.9 Å². The van der Waals surface area contributed by atoms with E-state index in [1.165, 1.54) is 12.3 Å². The molecule has 1 saturated heterocycles. The summed E-state index contributed by atoms with van der Waals surface area (Å²) in [5.41, 5.74) is 2.35. The van der Waals surface area contributed by atoms with E-state index in [1.807, 2.05) is 24.1 Å². The van der Waals surface area contributed by atoms with Crippen LogP contribution in [0.3, 0.4) is 0 Å². The lowest BCUT2D eigenvalue weighted by Crippen LogP contribution is -2.48. The zero-order chi connectivity index (χ0) is 30.9. The number of ether oxygens (including phenoxy) is 1. The summed E-state index contributed by atoms with van der Waals surface area (Å²) in [6.45, 7) is 4.86. The summed E-state index contributed by atoms with van der Waals surface area (Å²) in [4.78, 5) is 49.1. The van der Waals surface area contributed by atoms with Crippen molar-refractivity contribution < 1.29 is 19.1 Å². The number of rotatable bonds is 11. The third kappa shape index (κ3) is 7.92. The number of aromatic nitrogens is 2. The molecule has 1 fully saturated rings. The molecule has 12 nitrogen and oxygen atoms in total. The standard InChI is InChI=1S/C30H35ClN8O4/c1-5-27(41)39-14-12-19(13-15-39)34-26(40)18-38(3)20-10-11-24(25(16-20)43-4)36-30-33-17-22(31)28(37-30)35-23-9-7-6-8-21(23)29(42)32-2/h5-11,16-17,19H,1,12-15,18H2,2-4H3,(H,32,42)(H,34,40)(H2,33,35,36,37). The highest BCUT2D eigenvalue weighted by Crippen LogP contribution is 2.32. The van der Waals surface area contributed by atoms with Crippen molar-refractivity contribution in [2.24, 2.45) is 0 Å². The van der Waals surface area contributed by atoms with Gasteiger partial charge in [0.15, 0.2) is 5.82 Å². The molecule has 0 aliphatic carbocycles. The monoisotopic (exact) mass is 606 g/mol. The topological polar surface area (TPSA) is 141 Å². The molecule has 3 aromatic rings. The Morgan fingerprint density at radius 2 is 1.88 bits per heavy atom. The van der Waals surface area contributed by atoms with Crippen LogP contribution in [0.15, 0.2) is 61.3 Å². The summed E-state index contributed by atoms with van der Waals surface area (Å²) in [5, 5.41) is 12.2. The van der Waals surface area contributed by atoms with Crippen molar-refractivity contribution in [2.75, 3.05) is 56.4 Å². The average molecular weight is 607 g/mol. The Balaban J connectivity index is 1.40. The van der Waals surface area contributed by atoms with Crippen LogP contribution >= 0.6 is 11.6 Å². The Morgan fingerprint density at radius 1 is 1.14 bits per heavy atom. The van der Waals surface area contributed by atoms with Crippen molar-refractivity contribution in [1.29, 1.82) is 0 Å². The van der Waals surface area contributed by atoms with Gasteiger partial charge in [-0.15, -0.1) is 0 Å². The average Bonchev–Trinajstić information content (AvgIpc) is 3.02. The third-order valence-corrected chi connectivity index (χ3v) is 7.27. The van der Waals surface area contributed by atoms with Gasteiger partial charge in [-0.3, -0.25) is 14.4 Å². The van der Waals surface area contributed by atoms with Gasteiger partial charge in [-0.2, -0.15) is 4.98 Å². The van der Waals surface area contributed by atoms with Gasteiger partial charge < -0.3 is 35.8 Å². The van der Waals surface area contributed by atoms with Crippen LogP contribution in [0.1, 0.15) is 23.2 Å². The summed E-state index contributed by atoms with van der Waals surface area (Å²) < 4.78 is 5.61. The maximum atomic E-state index is 12.7. The van der Waals surface area contributed by atoms with E-state index in [0.29, 0.717) is 54.4 Å². The molecule has 43 heavy (non-hydrogen) atoms. The van der Waals surface area contributed by atoms with Crippen molar-refractivity contribution in [1.82, 2.24) is 25.5 Å². The third-order valence-electron chi connectivity index (χ3n) is 7.00. The molecule has 1 aromatic heterocycles. The van der Waals surface area contributed by atoms with E-state index in [2.05, 4.69) is 37.8 Å². The number of nitrogens with one attached hydrogen (secondary N) is 4. The second-order valence-electron chi connectivity index (χ2n) is 9.88. The Bertz CT molecular complexity index is 1490. The van der Waals surface area contributed by atoms with Gasteiger partial charge in [0.05, 0.1) is 36.8 Å². The molecule has 1 aliphatic rings. The maximum absolute atomic E-state index is 12.7. The van der Waals surface area contributed by atoms with Crippen LogP contribution in [-0.2, 0) is 9.59 Å². The minimum atomic E-state index is -0.249. The first-order chi connectivity index (χ1) is 20.7. The number of methoxy groups -OCH3 is 1. The number of anilines is 5. The van der Waals surface area contributed by atoms with Crippen molar-refractivity contribution in [2.45, 2.75) is 18.9 Å². The first-order valence-electron chi connectivity index (χ1n) is 13.7. The molecule has 4 rings (SSSR count). The zero-order valence-electron chi connectivity index (χ0n) is 24.3. The number of carbonyl (C=O) groups is 3. The lowest BCUT2D eigenvalue weighted by Gasteiger charge is -2.32. The van der Waals surface area contributed by atoms with Crippen LogP contribution in [0.25, 0.3) is 0 Å². The molecule has 3 amide bonds. The molecular weight excluding hydrogens is 572 g/mol. The Morgan fingerprint density at radius 3 is 2.58 bits per heavy atom. The van der Waals surface area contributed by atoms with E-state index < -0.39 is 0 Å². The second kappa shape index (κ2) is 14.4. The van der Waals surface area contributed by atoms with E-state index in [-0.39, 0.29) is 41.3 Å². The minimum absolute atomic E-state index is 0.0203. The van der Waals surface area contributed by atoms with Crippen LogP contribution in [0.5, 0.6) is 5.75 Å². The van der Waals surface area contributed by atoms with Gasteiger partial charge in [-0.25, -0.2) is 4.98 Å². The maximum Gasteiger partial charge on any atom is 0.253 e. The number of carbonyl (C=O) groups excluding carboxylic acids is 3. The summed E-state index contributed by atoms with van der Waals surface area (Å²) in [5.74, 6) is 0.645. The largest absolute Gasteiger partial charge is 0.494 e. The minimum Gasteiger partial charge on any atom is -0.494 e. The van der Waals surface area contributed by atoms with Crippen LogP contribution in [0, 0.1) is 0 Å². The summed E-state index contributed by atoms with van der Waals surface area (Å²) >= 11 is 6.36. The lowest BCUT2D eigenvalue weighted by atomic mass is 10.0.